The first-order chi connectivity index (χ1) is 13.9. The molecule has 29 heavy (non-hydrogen) atoms. The topological polar surface area (TPSA) is 76.6 Å². The second kappa shape index (κ2) is 7.66. The molecule has 0 atom stereocenters. The number of amides is 1. The molecule has 4 aromatic rings. The molecule has 0 unspecified atom stereocenters. The summed E-state index contributed by atoms with van der Waals surface area (Å²) in [7, 11) is 0. The number of hydrogen-bond acceptors (Lipinski definition) is 4. The summed E-state index contributed by atoms with van der Waals surface area (Å²) in [6.45, 7) is 9.02. The quantitative estimate of drug-likeness (QED) is 0.548. The maximum atomic E-state index is 12.0. The summed E-state index contributed by atoms with van der Waals surface area (Å²) in [5.41, 5.74) is 6.06. The van der Waals surface area contributed by atoms with Gasteiger partial charge in [0.15, 0.2) is 5.65 Å². The van der Waals surface area contributed by atoms with Crippen LogP contribution in [0.2, 0.25) is 0 Å². The molecule has 0 aliphatic carbocycles. The van der Waals surface area contributed by atoms with E-state index >= 15 is 0 Å². The summed E-state index contributed by atoms with van der Waals surface area (Å²) in [5, 5.41) is 16.4. The fraction of sp³-hybridized carbons (Fsp3) is 0.364. The summed E-state index contributed by atoms with van der Waals surface area (Å²) < 4.78 is 3.78. The number of hydrogen-bond donors (Lipinski definition) is 1. The lowest BCUT2D eigenvalue weighted by molar-refractivity contribution is -0.121. The van der Waals surface area contributed by atoms with Crippen molar-refractivity contribution in [2.75, 3.05) is 6.54 Å². The van der Waals surface area contributed by atoms with Crippen molar-refractivity contribution in [3.8, 4) is 11.3 Å². The molecule has 3 heterocycles. The Labute approximate surface area is 169 Å². The van der Waals surface area contributed by atoms with Crippen molar-refractivity contribution >= 4 is 17.1 Å². The highest BCUT2D eigenvalue weighted by molar-refractivity contribution is 5.78. The van der Waals surface area contributed by atoms with Gasteiger partial charge in [-0.05, 0) is 37.5 Å². The van der Waals surface area contributed by atoms with E-state index in [0.29, 0.717) is 25.3 Å². The van der Waals surface area contributed by atoms with Crippen molar-refractivity contribution in [2.24, 2.45) is 5.92 Å². The van der Waals surface area contributed by atoms with E-state index in [4.69, 9.17) is 5.10 Å². The fourth-order valence-electron chi connectivity index (χ4n) is 3.41. The zero-order valence-electron chi connectivity index (χ0n) is 17.3. The number of aromatic nitrogens is 5. The third-order valence-electron chi connectivity index (χ3n) is 5.04. The Morgan fingerprint density at radius 2 is 1.97 bits per heavy atom. The van der Waals surface area contributed by atoms with Crippen molar-refractivity contribution in [3.63, 3.8) is 0 Å². The molecule has 150 valence electrons. The summed E-state index contributed by atoms with van der Waals surface area (Å²) in [6.07, 6.45) is 4.75. The monoisotopic (exact) mass is 390 g/mol. The zero-order chi connectivity index (χ0) is 20.5. The number of nitrogens with zero attached hydrogens (tertiary/aromatic N) is 5. The van der Waals surface area contributed by atoms with Gasteiger partial charge in [0.2, 0.25) is 5.91 Å². The molecule has 3 aromatic heterocycles. The van der Waals surface area contributed by atoms with Gasteiger partial charge in [0, 0.05) is 37.3 Å². The van der Waals surface area contributed by atoms with E-state index in [1.807, 2.05) is 27.4 Å². The van der Waals surface area contributed by atoms with Crippen LogP contribution in [0.4, 0.5) is 0 Å². The fourth-order valence-corrected chi connectivity index (χ4v) is 3.41. The van der Waals surface area contributed by atoms with Crippen molar-refractivity contribution in [3.05, 3.63) is 53.6 Å². The third kappa shape index (κ3) is 3.85. The Morgan fingerprint density at radius 3 is 2.76 bits per heavy atom. The summed E-state index contributed by atoms with van der Waals surface area (Å²) >= 11 is 0. The van der Waals surface area contributed by atoms with Crippen LogP contribution in [0.25, 0.3) is 22.4 Å². The molecule has 1 aromatic carbocycles. The number of nitrogens with one attached hydrogen (secondary N) is 1. The molecule has 0 saturated carbocycles. The van der Waals surface area contributed by atoms with Gasteiger partial charge in [-0.15, -0.1) is 10.2 Å². The summed E-state index contributed by atoms with van der Waals surface area (Å²) in [5.74, 6) is 1.25. The first kappa shape index (κ1) is 19.1. The van der Waals surface area contributed by atoms with Gasteiger partial charge in [-0.3, -0.25) is 9.20 Å². The molecule has 0 spiro atoms. The molecule has 0 saturated heterocycles. The Morgan fingerprint density at radius 1 is 1.14 bits per heavy atom. The van der Waals surface area contributed by atoms with Gasteiger partial charge in [0.25, 0.3) is 0 Å². The zero-order valence-corrected chi connectivity index (χ0v) is 17.3. The van der Waals surface area contributed by atoms with E-state index in [1.165, 1.54) is 11.1 Å². The van der Waals surface area contributed by atoms with Crippen molar-refractivity contribution < 1.29 is 4.79 Å². The Hall–Kier alpha value is -3.22. The van der Waals surface area contributed by atoms with Crippen LogP contribution < -0.4 is 5.32 Å². The number of carbonyl (C=O) groups is 1. The predicted molar refractivity (Wildman–Crippen MR) is 113 cm³/mol. The number of fused-ring (bicyclic) bond motifs is 3. The molecule has 0 radical (unpaired) electrons. The molecule has 7 heteroatoms. The predicted octanol–water partition coefficient (Wildman–Crippen LogP) is 3.37. The molecule has 0 aliphatic rings. The summed E-state index contributed by atoms with van der Waals surface area (Å²) in [4.78, 5) is 12.0. The Balaban J connectivity index is 1.63. The first-order valence-electron chi connectivity index (χ1n) is 9.98. The maximum Gasteiger partial charge on any atom is 0.220 e. The van der Waals surface area contributed by atoms with Gasteiger partial charge in [0.05, 0.1) is 5.69 Å². The van der Waals surface area contributed by atoms with E-state index in [0.717, 1.165) is 28.2 Å². The van der Waals surface area contributed by atoms with Crippen LogP contribution >= 0.6 is 0 Å². The average molecular weight is 390 g/mol. The van der Waals surface area contributed by atoms with Gasteiger partial charge in [0.1, 0.15) is 11.3 Å². The standard InChI is InChI=1S/C22H26N6O/c1-14(2)13-23-21(29)8-7-20-24-25-22-19-12-18(26-28(19)10-9-27(20)22)17-11-15(3)5-6-16(17)4/h5-6,9-12,14H,7-8,13H2,1-4H3,(H,23,29). The van der Waals surface area contributed by atoms with E-state index in [1.54, 1.807) is 0 Å². The second-order valence-corrected chi connectivity index (χ2v) is 7.98. The van der Waals surface area contributed by atoms with Gasteiger partial charge in [-0.1, -0.05) is 31.5 Å². The van der Waals surface area contributed by atoms with E-state index in [9.17, 15) is 4.79 Å². The Kier molecular flexibility index (Phi) is 5.05. The van der Waals surface area contributed by atoms with Crippen LogP contribution in [0, 0.1) is 19.8 Å². The number of carbonyl (C=O) groups excluding carboxylic acids is 1. The van der Waals surface area contributed by atoms with Gasteiger partial charge in [-0.2, -0.15) is 5.10 Å². The third-order valence-corrected chi connectivity index (χ3v) is 5.04. The first-order valence-corrected chi connectivity index (χ1v) is 9.98. The number of rotatable bonds is 6. The highest BCUT2D eigenvalue weighted by Crippen LogP contribution is 2.26. The van der Waals surface area contributed by atoms with E-state index < -0.39 is 0 Å². The SMILES string of the molecule is Cc1ccc(C)c(-c2cc3c4nnc(CCC(=O)NCC(C)C)n4ccn3n2)c1. The van der Waals surface area contributed by atoms with Crippen molar-refractivity contribution in [1.82, 2.24) is 29.5 Å². The molecule has 0 bridgehead atoms. The number of aryl methyl sites for hydroxylation is 3. The molecule has 1 amide bonds. The molecular weight excluding hydrogens is 364 g/mol. The van der Waals surface area contributed by atoms with Gasteiger partial charge < -0.3 is 5.32 Å². The molecule has 0 fully saturated rings. The minimum atomic E-state index is 0.0399. The van der Waals surface area contributed by atoms with Crippen molar-refractivity contribution in [2.45, 2.75) is 40.5 Å². The van der Waals surface area contributed by atoms with Crippen LogP contribution in [0.1, 0.15) is 37.2 Å². The lowest BCUT2D eigenvalue weighted by atomic mass is 10.0. The maximum absolute atomic E-state index is 12.0. The van der Waals surface area contributed by atoms with E-state index in [-0.39, 0.29) is 5.91 Å². The van der Waals surface area contributed by atoms with Gasteiger partial charge >= 0.3 is 0 Å². The minimum absolute atomic E-state index is 0.0399. The van der Waals surface area contributed by atoms with Crippen LogP contribution in [0.3, 0.4) is 0 Å². The molecule has 7 nitrogen and oxygen atoms in total. The lowest BCUT2D eigenvalue weighted by Gasteiger charge is -2.07. The van der Waals surface area contributed by atoms with Crippen LogP contribution in [-0.4, -0.2) is 36.7 Å². The normalized spacial score (nSPS) is 11.6. The molecule has 0 aliphatic heterocycles. The molecule has 4 rings (SSSR count). The van der Waals surface area contributed by atoms with Crippen LogP contribution in [0.15, 0.2) is 36.7 Å². The second-order valence-electron chi connectivity index (χ2n) is 7.98. The Bertz CT molecular complexity index is 1190. The number of benzene rings is 1. The molecular formula is C22H26N6O. The molecule has 1 N–H and O–H groups in total. The lowest BCUT2D eigenvalue weighted by Crippen LogP contribution is -2.27. The van der Waals surface area contributed by atoms with Gasteiger partial charge in [-0.25, -0.2) is 4.52 Å². The van der Waals surface area contributed by atoms with E-state index in [2.05, 4.69) is 61.4 Å². The summed E-state index contributed by atoms with van der Waals surface area (Å²) in [6, 6.07) is 8.42. The van der Waals surface area contributed by atoms with Crippen LogP contribution in [0.5, 0.6) is 0 Å². The highest BCUT2D eigenvalue weighted by Gasteiger charge is 2.14. The van der Waals surface area contributed by atoms with Crippen molar-refractivity contribution in [1.29, 1.82) is 0 Å². The smallest absolute Gasteiger partial charge is 0.220 e. The highest BCUT2D eigenvalue weighted by atomic mass is 16.1. The van der Waals surface area contributed by atoms with Crippen LogP contribution in [-0.2, 0) is 11.2 Å². The average Bonchev–Trinajstić information content (AvgIpc) is 3.30. The minimum Gasteiger partial charge on any atom is -0.356 e. The largest absolute Gasteiger partial charge is 0.356 e.